The van der Waals surface area contributed by atoms with Crippen LogP contribution in [0, 0.1) is 9.39 Å². The van der Waals surface area contributed by atoms with Gasteiger partial charge in [0.25, 0.3) is 5.91 Å². The van der Waals surface area contributed by atoms with Gasteiger partial charge in [-0.25, -0.2) is 4.39 Å². The van der Waals surface area contributed by atoms with E-state index in [0.717, 1.165) is 0 Å². The molecule has 2 aromatic carbocycles. The van der Waals surface area contributed by atoms with Gasteiger partial charge in [-0.1, -0.05) is 0 Å². The second kappa shape index (κ2) is 7.40. The number of halogens is 2. The minimum Gasteiger partial charge on any atom is -0.495 e. The number of amides is 2. The summed E-state index contributed by atoms with van der Waals surface area (Å²) < 4.78 is 18.8. The van der Waals surface area contributed by atoms with E-state index in [4.69, 9.17) is 4.74 Å². The van der Waals surface area contributed by atoms with E-state index in [-0.39, 0.29) is 5.91 Å². The Bertz CT molecular complexity index is 765. The van der Waals surface area contributed by atoms with Gasteiger partial charge in [-0.2, -0.15) is 0 Å². The van der Waals surface area contributed by atoms with Gasteiger partial charge in [0.15, 0.2) is 0 Å². The van der Waals surface area contributed by atoms with E-state index in [1.165, 1.54) is 32.2 Å². The summed E-state index contributed by atoms with van der Waals surface area (Å²) in [6.07, 6.45) is 0. The Hall–Kier alpha value is -2.16. The zero-order valence-corrected chi connectivity index (χ0v) is 14.6. The van der Waals surface area contributed by atoms with Gasteiger partial charge in [0.2, 0.25) is 5.91 Å². The summed E-state index contributed by atoms with van der Waals surface area (Å²) in [4.78, 5) is 23.5. The molecule has 0 unspecified atom stereocenters. The first-order chi connectivity index (χ1) is 10.9. The lowest BCUT2D eigenvalue weighted by molar-refractivity contribution is -0.114. The highest BCUT2D eigenvalue weighted by Gasteiger charge is 2.14. The first-order valence-corrected chi connectivity index (χ1v) is 7.70. The predicted molar refractivity (Wildman–Crippen MR) is 94.4 cm³/mol. The fraction of sp³-hybridized carbons (Fsp3) is 0.125. The zero-order chi connectivity index (χ0) is 17.0. The number of hydrogen-bond acceptors (Lipinski definition) is 3. The molecule has 7 heteroatoms. The second-order valence-electron chi connectivity index (χ2n) is 4.67. The molecular formula is C16H14FIN2O3. The molecule has 0 aliphatic carbocycles. The fourth-order valence-corrected chi connectivity index (χ4v) is 2.67. The molecule has 2 rings (SSSR count). The topological polar surface area (TPSA) is 67.4 Å². The van der Waals surface area contributed by atoms with E-state index in [1.807, 2.05) is 22.6 Å². The Morgan fingerprint density at radius 1 is 1.13 bits per heavy atom. The monoisotopic (exact) mass is 428 g/mol. The number of methoxy groups -OCH3 is 1. The Labute approximate surface area is 146 Å². The summed E-state index contributed by atoms with van der Waals surface area (Å²) in [5.41, 5.74) is 1.28. The van der Waals surface area contributed by atoms with Crippen molar-refractivity contribution in [2.45, 2.75) is 6.92 Å². The Morgan fingerprint density at radius 3 is 2.48 bits per heavy atom. The molecule has 0 aliphatic heterocycles. The molecule has 23 heavy (non-hydrogen) atoms. The van der Waals surface area contributed by atoms with Gasteiger partial charge < -0.3 is 15.4 Å². The van der Waals surface area contributed by atoms with Crippen LogP contribution in [0.15, 0.2) is 36.4 Å². The maximum Gasteiger partial charge on any atom is 0.256 e. The lowest BCUT2D eigenvalue weighted by atomic mass is 10.2. The van der Waals surface area contributed by atoms with Crippen LogP contribution in [0.4, 0.5) is 15.8 Å². The third kappa shape index (κ3) is 4.41. The van der Waals surface area contributed by atoms with Crippen molar-refractivity contribution in [3.8, 4) is 5.75 Å². The van der Waals surface area contributed by atoms with Crippen LogP contribution in [-0.4, -0.2) is 18.9 Å². The van der Waals surface area contributed by atoms with Gasteiger partial charge in [-0.05, 0) is 59.0 Å². The maximum absolute atomic E-state index is 13.1. The molecule has 0 spiro atoms. The maximum atomic E-state index is 13.1. The average Bonchev–Trinajstić information content (AvgIpc) is 2.46. The number of nitrogens with one attached hydrogen (secondary N) is 2. The highest BCUT2D eigenvalue weighted by Crippen LogP contribution is 2.28. The van der Waals surface area contributed by atoms with Crippen LogP contribution in [0.25, 0.3) is 0 Å². The van der Waals surface area contributed by atoms with Crippen molar-refractivity contribution in [1.82, 2.24) is 0 Å². The fourth-order valence-electron chi connectivity index (χ4n) is 1.95. The van der Waals surface area contributed by atoms with E-state index in [1.54, 1.807) is 18.2 Å². The smallest absolute Gasteiger partial charge is 0.256 e. The van der Waals surface area contributed by atoms with E-state index in [9.17, 15) is 14.0 Å². The van der Waals surface area contributed by atoms with Crippen LogP contribution in [0.1, 0.15) is 17.3 Å². The molecule has 0 radical (unpaired) electrons. The molecule has 2 aromatic rings. The standard InChI is InChI=1S/C16H14FIN2O3/c1-9(21)19-11-4-6-15(23-2)14(8-11)20-16(22)12-5-3-10(17)7-13(12)18/h3-8H,1-2H3,(H,19,21)(H,20,22). The van der Waals surface area contributed by atoms with Crippen LogP contribution in [-0.2, 0) is 4.79 Å². The molecule has 0 aliphatic rings. The highest BCUT2D eigenvalue weighted by atomic mass is 127. The minimum atomic E-state index is -0.406. The Kier molecular flexibility index (Phi) is 5.54. The van der Waals surface area contributed by atoms with Gasteiger partial charge in [-0.3, -0.25) is 9.59 Å². The van der Waals surface area contributed by atoms with Crippen LogP contribution in [0.5, 0.6) is 5.75 Å². The van der Waals surface area contributed by atoms with Crippen molar-refractivity contribution in [2.75, 3.05) is 17.7 Å². The van der Waals surface area contributed by atoms with Crippen LogP contribution < -0.4 is 15.4 Å². The molecule has 0 aromatic heterocycles. The number of carbonyl (C=O) groups is 2. The summed E-state index contributed by atoms with van der Waals surface area (Å²) in [5.74, 6) is -0.575. The van der Waals surface area contributed by atoms with Crippen molar-refractivity contribution in [2.24, 2.45) is 0 Å². The summed E-state index contributed by atoms with van der Waals surface area (Å²) in [5, 5.41) is 5.34. The Balaban J connectivity index is 2.30. The number of ether oxygens (including phenoxy) is 1. The van der Waals surface area contributed by atoms with Gasteiger partial charge in [0.05, 0.1) is 18.4 Å². The van der Waals surface area contributed by atoms with Crippen LogP contribution in [0.3, 0.4) is 0 Å². The van der Waals surface area contributed by atoms with Gasteiger partial charge in [0, 0.05) is 16.2 Å². The molecular weight excluding hydrogens is 414 g/mol. The molecule has 120 valence electrons. The summed E-state index contributed by atoms with van der Waals surface area (Å²) in [7, 11) is 1.48. The zero-order valence-electron chi connectivity index (χ0n) is 12.4. The summed E-state index contributed by atoms with van der Waals surface area (Å²) in [6.45, 7) is 1.39. The molecule has 0 bridgehead atoms. The lowest BCUT2D eigenvalue weighted by Crippen LogP contribution is -2.15. The van der Waals surface area contributed by atoms with E-state index in [0.29, 0.717) is 26.3 Å². The van der Waals surface area contributed by atoms with Crippen molar-refractivity contribution >= 4 is 45.8 Å². The molecule has 0 atom stereocenters. The van der Waals surface area contributed by atoms with Crippen LogP contribution >= 0.6 is 22.6 Å². The molecule has 5 nitrogen and oxygen atoms in total. The normalized spacial score (nSPS) is 10.1. The molecule has 0 fully saturated rings. The van der Waals surface area contributed by atoms with Crippen LogP contribution in [0.2, 0.25) is 0 Å². The van der Waals surface area contributed by atoms with Crippen molar-refractivity contribution < 1.29 is 18.7 Å². The first-order valence-electron chi connectivity index (χ1n) is 6.62. The molecule has 2 N–H and O–H groups in total. The van der Waals surface area contributed by atoms with E-state index >= 15 is 0 Å². The van der Waals surface area contributed by atoms with Gasteiger partial charge in [0.1, 0.15) is 11.6 Å². The minimum absolute atomic E-state index is 0.222. The number of hydrogen-bond donors (Lipinski definition) is 2. The van der Waals surface area contributed by atoms with Gasteiger partial charge in [-0.15, -0.1) is 0 Å². The van der Waals surface area contributed by atoms with Crippen molar-refractivity contribution in [3.63, 3.8) is 0 Å². The molecule has 2 amide bonds. The second-order valence-corrected chi connectivity index (χ2v) is 5.84. The van der Waals surface area contributed by atoms with Gasteiger partial charge >= 0.3 is 0 Å². The van der Waals surface area contributed by atoms with E-state index < -0.39 is 11.7 Å². The number of benzene rings is 2. The highest BCUT2D eigenvalue weighted by molar-refractivity contribution is 14.1. The first kappa shape index (κ1) is 17.2. The third-order valence-electron chi connectivity index (χ3n) is 2.94. The predicted octanol–water partition coefficient (Wildman–Crippen LogP) is 3.65. The molecule has 0 saturated carbocycles. The molecule has 0 heterocycles. The quantitative estimate of drug-likeness (QED) is 0.731. The lowest BCUT2D eigenvalue weighted by Gasteiger charge is -2.13. The van der Waals surface area contributed by atoms with Crippen molar-refractivity contribution in [1.29, 1.82) is 0 Å². The summed E-state index contributed by atoms with van der Waals surface area (Å²) in [6, 6.07) is 8.81. The number of anilines is 2. The van der Waals surface area contributed by atoms with Crippen molar-refractivity contribution in [3.05, 3.63) is 51.3 Å². The SMILES string of the molecule is COc1ccc(NC(C)=O)cc1NC(=O)c1ccc(F)cc1I. The number of rotatable bonds is 4. The number of carbonyl (C=O) groups excluding carboxylic acids is 2. The summed E-state index contributed by atoms with van der Waals surface area (Å²) >= 11 is 1.90. The average molecular weight is 428 g/mol. The molecule has 0 saturated heterocycles. The van der Waals surface area contributed by atoms with E-state index in [2.05, 4.69) is 10.6 Å². The Morgan fingerprint density at radius 2 is 1.87 bits per heavy atom. The largest absolute Gasteiger partial charge is 0.495 e. The third-order valence-corrected chi connectivity index (χ3v) is 3.84.